The highest BCUT2D eigenvalue weighted by molar-refractivity contribution is 7.86. The van der Waals surface area contributed by atoms with Gasteiger partial charge in [-0.25, -0.2) is 0 Å². The molecule has 31 heavy (non-hydrogen) atoms. The third-order valence-corrected chi connectivity index (χ3v) is 5.32. The minimum Gasteiger partial charge on any atom is -0.504 e. The van der Waals surface area contributed by atoms with Gasteiger partial charge in [0.1, 0.15) is 4.90 Å². The number of aryl methyl sites for hydroxylation is 1. The number of phenolic OH excluding ortho intramolecular Hbond substituents is 1. The number of benzene rings is 2. The van der Waals surface area contributed by atoms with Crippen LogP contribution in [0.3, 0.4) is 0 Å². The predicted octanol–water partition coefficient (Wildman–Crippen LogP) is 2.34. The summed E-state index contributed by atoms with van der Waals surface area (Å²) in [6, 6.07) is 11.4. The zero-order valence-electron chi connectivity index (χ0n) is 16.6. The van der Waals surface area contributed by atoms with Gasteiger partial charge in [0.15, 0.2) is 5.75 Å². The number of nitrogens with zero attached hydrogens (tertiary/aromatic N) is 2. The SMILES string of the molecule is Cc1cc(NC(=O)CC[C@H](N)c2nnc(Cc3ccccc3)o2)c(O)c(S(=O)(=O)O)c1. The number of rotatable bonds is 8. The van der Waals surface area contributed by atoms with E-state index < -0.39 is 32.7 Å². The molecule has 0 saturated heterocycles. The molecule has 0 aliphatic heterocycles. The molecule has 0 radical (unpaired) electrons. The lowest BCUT2D eigenvalue weighted by atomic mass is 10.1. The van der Waals surface area contributed by atoms with E-state index in [2.05, 4.69) is 15.5 Å². The second kappa shape index (κ2) is 9.25. The minimum absolute atomic E-state index is 0.0494. The first-order valence-electron chi connectivity index (χ1n) is 9.36. The van der Waals surface area contributed by atoms with Crippen molar-refractivity contribution < 1.29 is 27.3 Å². The fourth-order valence-electron chi connectivity index (χ4n) is 2.92. The van der Waals surface area contributed by atoms with Crippen molar-refractivity contribution in [2.24, 2.45) is 5.73 Å². The van der Waals surface area contributed by atoms with Gasteiger partial charge in [0, 0.05) is 6.42 Å². The molecule has 0 aliphatic rings. The molecule has 0 unspecified atom stereocenters. The molecule has 0 spiro atoms. The van der Waals surface area contributed by atoms with Gasteiger partial charge in [-0.1, -0.05) is 30.3 Å². The molecule has 3 rings (SSSR count). The average molecular weight is 446 g/mol. The highest BCUT2D eigenvalue weighted by Gasteiger charge is 2.21. The van der Waals surface area contributed by atoms with Crippen LogP contribution in [0.15, 0.2) is 51.8 Å². The maximum Gasteiger partial charge on any atom is 0.298 e. The van der Waals surface area contributed by atoms with Gasteiger partial charge in [0.25, 0.3) is 10.1 Å². The van der Waals surface area contributed by atoms with E-state index in [-0.39, 0.29) is 24.4 Å². The Labute approximate surface area is 178 Å². The number of aromatic nitrogens is 2. The number of carbonyl (C=O) groups excluding carboxylic acids is 1. The third-order valence-electron chi connectivity index (χ3n) is 4.45. The van der Waals surface area contributed by atoms with Gasteiger partial charge >= 0.3 is 0 Å². The van der Waals surface area contributed by atoms with Gasteiger partial charge in [-0.3, -0.25) is 9.35 Å². The van der Waals surface area contributed by atoms with Crippen LogP contribution >= 0.6 is 0 Å². The minimum atomic E-state index is -4.65. The van der Waals surface area contributed by atoms with Crippen LogP contribution < -0.4 is 11.1 Å². The normalized spacial score (nSPS) is 12.5. The maximum atomic E-state index is 12.3. The molecule has 10 nitrogen and oxygen atoms in total. The number of hydrogen-bond acceptors (Lipinski definition) is 8. The molecule has 1 atom stereocenters. The topological polar surface area (TPSA) is 169 Å². The third kappa shape index (κ3) is 5.87. The Morgan fingerprint density at radius 3 is 2.61 bits per heavy atom. The Morgan fingerprint density at radius 1 is 1.23 bits per heavy atom. The van der Waals surface area contributed by atoms with Gasteiger partial charge < -0.3 is 20.6 Å². The summed E-state index contributed by atoms with van der Waals surface area (Å²) in [6.45, 7) is 1.56. The summed E-state index contributed by atoms with van der Waals surface area (Å²) in [5, 5.41) is 20.4. The Balaban J connectivity index is 1.60. The van der Waals surface area contributed by atoms with E-state index in [1.165, 1.54) is 6.07 Å². The molecule has 0 aliphatic carbocycles. The van der Waals surface area contributed by atoms with Crippen molar-refractivity contribution in [3.8, 4) is 5.75 Å². The van der Waals surface area contributed by atoms with Gasteiger partial charge in [0.05, 0.1) is 18.2 Å². The van der Waals surface area contributed by atoms with Crippen molar-refractivity contribution in [2.45, 2.75) is 37.1 Å². The van der Waals surface area contributed by atoms with Crippen LogP contribution in [0.25, 0.3) is 0 Å². The van der Waals surface area contributed by atoms with Crippen molar-refractivity contribution >= 4 is 21.7 Å². The van der Waals surface area contributed by atoms with Gasteiger partial charge in [-0.2, -0.15) is 8.42 Å². The Morgan fingerprint density at radius 2 is 1.94 bits per heavy atom. The number of nitrogens with one attached hydrogen (secondary N) is 1. The lowest BCUT2D eigenvalue weighted by molar-refractivity contribution is -0.116. The van der Waals surface area contributed by atoms with Crippen LogP contribution in [0.2, 0.25) is 0 Å². The van der Waals surface area contributed by atoms with Crippen molar-refractivity contribution in [1.29, 1.82) is 0 Å². The molecule has 3 aromatic rings. The number of aromatic hydroxyl groups is 1. The molecule has 5 N–H and O–H groups in total. The smallest absolute Gasteiger partial charge is 0.298 e. The molecule has 0 bridgehead atoms. The second-order valence-electron chi connectivity index (χ2n) is 7.02. The number of carbonyl (C=O) groups is 1. The molecule has 0 saturated carbocycles. The standard InChI is InChI=1S/C20H22N4O6S/c1-12-9-15(19(26)16(10-12)31(27,28)29)22-17(25)8-7-14(21)20-24-23-18(30-20)11-13-5-3-2-4-6-13/h2-6,9-10,14,26H,7-8,11,21H2,1H3,(H,22,25)(H,27,28,29)/t14-/m0/s1. The summed E-state index contributed by atoms with van der Waals surface area (Å²) in [5.74, 6) is -0.649. The van der Waals surface area contributed by atoms with E-state index in [1.807, 2.05) is 30.3 Å². The summed E-state index contributed by atoms with van der Waals surface area (Å²) >= 11 is 0. The molecular formula is C20H22N4O6S. The van der Waals surface area contributed by atoms with Crippen LogP contribution in [0.4, 0.5) is 5.69 Å². The van der Waals surface area contributed by atoms with Crippen LogP contribution in [0.1, 0.15) is 41.8 Å². The van der Waals surface area contributed by atoms with Crippen LogP contribution in [-0.2, 0) is 21.3 Å². The molecule has 1 heterocycles. The predicted molar refractivity (Wildman–Crippen MR) is 111 cm³/mol. The first kappa shape index (κ1) is 22.4. The molecule has 1 aromatic heterocycles. The first-order valence-corrected chi connectivity index (χ1v) is 10.8. The maximum absolute atomic E-state index is 12.3. The Hall–Kier alpha value is -3.28. The zero-order valence-corrected chi connectivity index (χ0v) is 17.5. The highest BCUT2D eigenvalue weighted by Crippen LogP contribution is 2.32. The zero-order chi connectivity index (χ0) is 22.6. The lowest BCUT2D eigenvalue weighted by Crippen LogP contribution is -2.17. The number of nitrogens with two attached hydrogens (primary N) is 1. The molecule has 1 amide bonds. The Bertz CT molecular complexity index is 1180. The number of amides is 1. The monoisotopic (exact) mass is 446 g/mol. The number of phenols is 1. The molecular weight excluding hydrogens is 424 g/mol. The molecule has 0 fully saturated rings. The van der Waals surface area contributed by atoms with E-state index in [9.17, 15) is 22.9 Å². The average Bonchev–Trinajstić information content (AvgIpc) is 3.17. The fourth-order valence-corrected chi connectivity index (χ4v) is 3.61. The Kier molecular flexibility index (Phi) is 6.68. The van der Waals surface area contributed by atoms with Crippen molar-refractivity contribution in [1.82, 2.24) is 10.2 Å². The number of hydrogen-bond donors (Lipinski definition) is 4. The summed E-state index contributed by atoms with van der Waals surface area (Å²) in [7, 11) is -4.65. The van der Waals surface area contributed by atoms with E-state index in [4.69, 9.17) is 10.2 Å². The highest BCUT2D eigenvalue weighted by atomic mass is 32.2. The van der Waals surface area contributed by atoms with Crippen molar-refractivity contribution in [2.75, 3.05) is 5.32 Å². The fraction of sp³-hybridized carbons (Fsp3) is 0.250. The van der Waals surface area contributed by atoms with E-state index in [1.54, 1.807) is 6.92 Å². The van der Waals surface area contributed by atoms with Crippen LogP contribution in [-0.4, -0.2) is 34.2 Å². The molecule has 164 valence electrons. The van der Waals surface area contributed by atoms with Gasteiger partial charge in [-0.05, 0) is 36.6 Å². The van der Waals surface area contributed by atoms with E-state index in [0.717, 1.165) is 11.6 Å². The van der Waals surface area contributed by atoms with E-state index in [0.29, 0.717) is 17.9 Å². The lowest BCUT2D eigenvalue weighted by Gasteiger charge is -2.12. The van der Waals surface area contributed by atoms with Crippen LogP contribution in [0.5, 0.6) is 5.75 Å². The summed E-state index contributed by atoms with van der Waals surface area (Å²) in [4.78, 5) is 11.6. The second-order valence-corrected chi connectivity index (χ2v) is 8.41. The summed E-state index contributed by atoms with van der Waals surface area (Å²) in [6.07, 6.45) is 0.590. The molecule has 11 heteroatoms. The van der Waals surface area contributed by atoms with Gasteiger partial charge in [-0.15, -0.1) is 10.2 Å². The summed E-state index contributed by atoms with van der Waals surface area (Å²) in [5.41, 5.74) is 7.34. The first-order chi connectivity index (χ1) is 14.6. The van der Waals surface area contributed by atoms with Crippen LogP contribution in [0, 0.1) is 6.92 Å². The van der Waals surface area contributed by atoms with Crippen molar-refractivity contribution in [3.63, 3.8) is 0 Å². The summed E-state index contributed by atoms with van der Waals surface area (Å²) < 4.78 is 37.5. The molecule has 2 aromatic carbocycles. The largest absolute Gasteiger partial charge is 0.504 e. The quantitative estimate of drug-likeness (QED) is 0.300. The van der Waals surface area contributed by atoms with E-state index >= 15 is 0 Å². The number of anilines is 1. The van der Waals surface area contributed by atoms with Crippen molar-refractivity contribution in [3.05, 3.63) is 65.4 Å². The van der Waals surface area contributed by atoms with Gasteiger partial charge in [0.2, 0.25) is 17.7 Å².